The number of nitrogens with zero attached hydrogens (tertiary/aromatic N) is 9. The van der Waals surface area contributed by atoms with Crippen LogP contribution < -0.4 is 26.6 Å². The maximum absolute atomic E-state index is 14.7. The van der Waals surface area contributed by atoms with Gasteiger partial charge >= 0.3 is 24.1 Å². The molecular formula is C106H153ClF4IN15O12S3Si2. The number of carbonyl (C=O) groups excluding carboxylic acids is 6. The number of halogens is 6. The number of benzene rings is 4. The van der Waals surface area contributed by atoms with Crippen molar-refractivity contribution < 1.29 is 75.6 Å². The first-order valence-electron chi connectivity index (χ1n) is 50.1. The first-order valence-corrected chi connectivity index (χ1v) is 58.1. The molecule has 6 aliphatic heterocycles. The van der Waals surface area contributed by atoms with Gasteiger partial charge in [0.15, 0.2) is 38.1 Å². The van der Waals surface area contributed by atoms with Crippen LogP contribution in [0.25, 0.3) is 32.7 Å². The Hall–Kier alpha value is -8.88. The van der Waals surface area contributed by atoms with Crippen molar-refractivity contribution in [2.24, 2.45) is 23.7 Å². The zero-order valence-electron chi connectivity index (χ0n) is 87.7. The molecule has 0 unspecified atom stereocenters. The largest absolute Gasteiger partial charge is 0.478 e. The van der Waals surface area contributed by atoms with Gasteiger partial charge in [-0.2, -0.15) is 0 Å². The highest BCUT2D eigenvalue weighted by atomic mass is 127. The average molecular weight is 2220 g/mol. The van der Waals surface area contributed by atoms with E-state index >= 15 is 0 Å². The lowest BCUT2D eigenvalue weighted by Gasteiger charge is -2.44. The lowest BCUT2D eigenvalue weighted by atomic mass is 9.88. The molecule has 12 heterocycles. The molecule has 8 N–H and O–H groups in total. The maximum atomic E-state index is 14.7. The number of thiazole rings is 3. The molecule has 10 aromatic rings. The summed E-state index contributed by atoms with van der Waals surface area (Å²) in [5.74, 6) is -1.59. The fourth-order valence-corrected chi connectivity index (χ4v) is 36.6. The van der Waals surface area contributed by atoms with Crippen LogP contribution in [0.15, 0.2) is 132 Å². The van der Waals surface area contributed by atoms with Gasteiger partial charge < -0.3 is 79.3 Å². The van der Waals surface area contributed by atoms with E-state index in [0.717, 1.165) is 130 Å². The van der Waals surface area contributed by atoms with Gasteiger partial charge in [0, 0.05) is 167 Å². The lowest BCUT2D eigenvalue weighted by Crippen LogP contribution is -2.58. The van der Waals surface area contributed by atoms with Gasteiger partial charge in [0.05, 0.1) is 16.7 Å². The zero-order valence-corrected chi connectivity index (χ0v) is 95.1. The SMILES string of the molecule is CC(=O)c1ccc2[nH]ccc2c1F.CC(=O)c1ccc2c(ccn2[Si](C(C)C)(C(C)C)C(C)C)c1F.CC(C)(C)OC(=O)N1CC(C[C@H]2CCN(C(=O)c3nccs3)C2)C1.CC(C)(C)OC(=O)N1CC(C[C@H]2CCNC2)C1.CC(C)[Si](C(C)C)(C(C)C)n1ccc2c(F)c(C(=O)O)ccc21.CN[C@H]1CCCC[C@@H]1NC.Cl.Fc1ccc(I)cc1.O=C(O)c1nccs1.O=C(c1nccs1)N1CC[C@H](NC2CNC2)C1. The van der Waals surface area contributed by atoms with Crippen molar-refractivity contribution in [1.82, 2.24) is 74.6 Å². The van der Waals surface area contributed by atoms with Crippen LogP contribution in [0.5, 0.6) is 0 Å². The second kappa shape index (κ2) is 55.4. The Morgan fingerprint density at radius 2 is 0.882 bits per heavy atom. The predicted octanol–water partition coefficient (Wildman–Crippen LogP) is 23.1. The van der Waals surface area contributed by atoms with E-state index in [4.69, 9.17) is 19.7 Å². The molecule has 38 heteroatoms. The molecule has 1 aliphatic carbocycles. The molecular weight excluding hydrogens is 2070 g/mol. The summed E-state index contributed by atoms with van der Waals surface area (Å²) in [6, 6.07) is 23.9. The number of Topliss-reactive ketones (excluding diaryl/α,β-unsaturated/α-hetero) is 2. The van der Waals surface area contributed by atoms with Crippen LogP contribution in [0.1, 0.15) is 257 Å². The number of likely N-dealkylation sites (N-methyl/N-ethyl adjacent to an activating group) is 2. The van der Waals surface area contributed by atoms with Gasteiger partial charge in [-0.3, -0.25) is 19.2 Å². The highest BCUT2D eigenvalue weighted by Crippen LogP contribution is 2.47. The Labute approximate surface area is 881 Å². The van der Waals surface area contributed by atoms with Crippen LogP contribution in [0.2, 0.25) is 33.2 Å². The number of likely N-dealkylation sites (tertiary alicyclic amines) is 4. The van der Waals surface area contributed by atoms with Crippen molar-refractivity contribution in [1.29, 1.82) is 0 Å². The van der Waals surface area contributed by atoms with Crippen LogP contribution in [0, 0.1) is 50.5 Å². The van der Waals surface area contributed by atoms with E-state index in [2.05, 4.69) is 175 Å². The standard InChI is InChI=1S/C19H28FNOSi.C18H26FNO2Si.C17H25N3O3S.C13H24N2O2.C11H16N4OS.C10H8FNO.C8H18N2.C6H4FI.C4H3NO2S.ClH/c1-12(2)23(13(3)4,14(5)6)21-11-10-17-18(21)9-8-16(15(7)22)19(17)20;1-11(2)23(12(3)4,13(5)6)20-10-9-14-16(20)8-7-15(17(14)19)18(21)22;1-17(2,3)23-16(22)20-10-13(11-20)8-12-4-6-19(9-12)15(21)14-18-5-7-24-14;1-13(2,3)17-12(16)15-8-11(9-15)6-10-4-5-14-7-10;16-11(10-13-2-4-17-10)15-3-1-8(7-15)14-9-5-12-6-9;1-6(13)7-2-3-9-8(10(7)11)4-5-12-9;1-9-7-5-3-4-6-8(7)10-2;7-5-1-3-6(8)4-2-5;6-4(7)3-5-1-2-8-3;/h8-14H,1-7H3;7-13H,1-6H3,(H,21,22);5,7,12-13H,4,6,8-11H2,1-3H3;10-11,14H,4-9H2,1-3H3;2,4,8-9,12,14H,1,3,5-7H2;2-5,12H,1H3;7-10H,3-6H2,1-2H3;1-4H;1-2H,(H,6,7);1H/t;;12-;10-;8-;;7-,8-;;;/m..110.0.../s1. The third-order valence-corrected chi connectivity index (χ3v) is 44.4. The highest BCUT2D eigenvalue weighted by molar-refractivity contribution is 14.1. The molecule has 1 saturated carbocycles. The third-order valence-electron chi connectivity index (χ3n) is 27.8. The van der Waals surface area contributed by atoms with Crippen LogP contribution in [0.4, 0.5) is 27.2 Å². The summed E-state index contributed by atoms with van der Waals surface area (Å²) in [7, 11) is 0.213. The van der Waals surface area contributed by atoms with Crippen LogP contribution in [0.3, 0.4) is 0 Å². The van der Waals surface area contributed by atoms with Crippen molar-refractivity contribution >= 4 is 166 Å². The Kier molecular flexibility index (Phi) is 46.3. The molecule has 0 spiro atoms. The predicted molar refractivity (Wildman–Crippen MR) is 587 cm³/mol. The fourth-order valence-electron chi connectivity index (χ4n) is 21.3. The number of rotatable bonds is 22. The number of hydrogen-bond acceptors (Lipinski definition) is 21. The number of hydrogen-bond donors (Lipinski definition) is 8. The molecule has 792 valence electrons. The van der Waals surface area contributed by atoms with Gasteiger partial charge in [-0.15, -0.1) is 46.4 Å². The first kappa shape index (κ1) is 120. The molecule has 144 heavy (non-hydrogen) atoms. The normalized spacial score (nSPS) is 18.0. The second-order valence-electron chi connectivity index (χ2n) is 41.9. The summed E-state index contributed by atoms with van der Waals surface area (Å²) < 4.78 is 71.3. The van der Waals surface area contributed by atoms with Crippen LogP contribution >= 0.6 is 69.0 Å². The Morgan fingerprint density at radius 3 is 1.26 bits per heavy atom. The number of ketones is 2. The molecule has 6 saturated heterocycles. The summed E-state index contributed by atoms with van der Waals surface area (Å²) in [6.07, 6.45) is 21.3. The quantitative estimate of drug-likeness (QED) is 0.0135. The molecule has 0 radical (unpaired) electrons. The summed E-state index contributed by atoms with van der Waals surface area (Å²) >= 11 is 6.06. The van der Waals surface area contributed by atoms with Crippen molar-refractivity contribution in [3.8, 4) is 0 Å². The molecule has 4 amide bonds. The topological polar surface area (TPSA) is 333 Å². The van der Waals surface area contributed by atoms with E-state index in [1.165, 1.54) is 106 Å². The van der Waals surface area contributed by atoms with Crippen molar-refractivity contribution in [3.05, 3.63) is 191 Å². The van der Waals surface area contributed by atoms with Crippen molar-refractivity contribution in [2.75, 3.05) is 92.6 Å². The van der Waals surface area contributed by atoms with E-state index < -0.39 is 45.6 Å². The van der Waals surface area contributed by atoms with Crippen LogP contribution in [-0.4, -0.2) is 250 Å². The molecule has 17 rings (SSSR count). The van der Waals surface area contributed by atoms with E-state index in [0.29, 0.717) is 107 Å². The summed E-state index contributed by atoms with van der Waals surface area (Å²) in [5, 5.41) is 42.3. The smallest absolute Gasteiger partial charge is 0.410 e. The van der Waals surface area contributed by atoms with E-state index in [1.807, 2.05) is 91.5 Å². The molecule has 5 atom stereocenters. The minimum atomic E-state index is -1.98. The number of aromatic carboxylic acids is 2. The Morgan fingerprint density at radius 1 is 0.472 bits per heavy atom. The number of carboxylic acid groups (broad SMARTS) is 2. The number of nitrogens with one attached hydrogen (secondary N) is 6. The molecule has 27 nitrogen and oxygen atoms in total. The molecule has 6 aromatic heterocycles. The molecule has 7 aliphatic rings. The summed E-state index contributed by atoms with van der Waals surface area (Å²) in [5.41, 5.74) is 4.77. The number of H-pyrrole nitrogens is 1. The Balaban J connectivity index is 0.000000202. The number of amides is 4. The van der Waals surface area contributed by atoms with Gasteiger partial charge in [0.25, 0.3) is 11.8 Å². The third kappa shape index (κ3) is 32.1. The van der Waals surface area contributed by atoms with E-state index in [9.17, 15) is 55.9 Å². The molecule has 4 aromatic carbocycles. The fraction of sp³-hybridized carbons (Fsp3) is 0.557. The summed E-state index contributed by atoms with van der Waals surface area (Å²) in [6.45, 7) is 52.4. The van der Waals surface area contributed by atoms with Gasteiger partial charge in [-0.25, -0.2) is 51.7 Å². The number of fused-ring (bicyclic) bond motifs is 3. The number of aromatic nitrogens is 6. The number of aromatic amines is 1. The lowest BCUT2D eigenvalue weighted by molar-refractivity contribution is -0.00493. The first-order chi connectivity index (χ1) is 67.6. The summed E-state index contributed by atoms with van der Waals surface area (Å²) in [4.78, 5) is 114. The van der Waals surface area contributed by atoms with Gasteiger partial charge in [-0.05, 0) is 298 Å². The zero-order chi connectivity index (χ0) is 105. The minimum absolute atomic E-state index is 0. The van der Waals surface area contributed by atoms with E-state index in [1.54, 1.807) is 71.3 Å². The van der Waals surface area contributed by atoms with E-state index in [-0.39, 0.29) is 86.9 Å². The van der Waals surface area contributed by atoms with Gasteiger partial charge in [0.1, 0.15) is 34.5 Å². The Bertz CT molecular complexity index is 5560. The van der Waals surface area contributed by atoms with Crippen molar-refractivity contribution in [3.63, 3.8) is 0 Å². The highest BCUT2D eigenvalue weighted by Gasteiger charge is 2.48. The number of ether oxygens (including phenoxy) is 2. The number of carboxylic acids is 2. The number of carbonyl (C=O) groups is 8. The minimum Gasteiger partial charge on any atom is -0.478 e. The average Bonchev–Trinajstić information content (AvgIpc) is 1.57. The van der Waals surface area contributed by atoms with Crippen LogP contribution in [-0.2, 0) is 9.47 Å². The maximum Gasteiger partial charge on any atom is 0.410 e. The van der Waals surface area contributed by atoms with Gasteiger partial charge in [0.2, 0.25) is 5.01 Å². The monoisotopic (exact) mass is 2220 g/mol. The second-order valence-corrected chi connectivity index (χ2v) is 57.3. The van der Waals surface area contributed by atoms with Crippen molar-refractivity contribution in [2.45, 2.75) is 265 Å². The molecule has 0 bridgehead atoms. The molecule has 7 fully saturated rings. The van der Waals surface area contributed by atoms with Gasteiger partial charge in [-0.1, -0.05) is 95.9 Å².